The summed E-state index contributed by atoms with van der Waals surface area (Å²) in [5.41, 5.74) is 1.43. The molecule has 0 heterocycles. The number of aliphatic hydroxyl groups is 1. The average molecular weight is 487 g/mol. The zero-order valence-electron chi connectivity index (χ0n) is 23.0. The van der Waals surface area contributed by atoms with Crippen molar-refractivity contribution >= 4 is 11.8 Å². The van der Waals surface area contributed by atoms with Gasteiger partial charge in [0.25, 0.3) is 0 Å². The van der Waals surface area contributed by atoms with Crippen LogP contribution in [0.25, 0.3) is 0 Å². The normalized spacial score (nSPS) is 48.3. The highest BCUT2D eigenvalue weighted by atomic mass is 16.5. The lowest BCUT2D eigenvalue weighted by Crippen LogP contribution is -2.65. The van der Waals surface area contributed by atoms with E-state index in [-0.39, 0.29) is 17.3 Å². The number of ketones is 1. The molecule has 0 aliphatic heterocycles. The lowest BCUT2D eigenvalue weighted by atomic mass is 9.33. The SMILES string of the molecule is C=CCOC(C)=O.CC1C(=O)CCC2(C)C1CCC1(C)C2CCC2C3CCCC3(CO)CC[C@]21C. The monoisotopic (exact) mass is 486 g/mol. The van der Waals surface area contributed by atoms with Gasteiger partial charge in [0.1, 0.15) is 12.4 Å². The quantitative estimate of drug-likeness (QED) is 0.354. The molecule has 0 aromatic carbocycles. The van der Waals surface area contributed by atoms with Crippen LogP contribution in [0.4, 0.5) is 0 Å². The molecule has 0 aromatic heterocycles. The highest BCUT2D eigenvalue weighted by Crippen LogP contribution is 2.75. The second kappa shape index (κ2) is 9.62. The standard InChI is InChI=1S/C26H42O2.C5H8O2/c1-17-18-9-13-25(4)22(23(18,2)12-10-21(17)28)8-7-19-20-6-5-11-26(20,16-27)15-14-24(19,25)3;1-3-4-7-5(2)6/h17-20,22,27H,5-16H2,1-4H3;3H,1,4H2,2H3/t17?,18?,19?,20?,22?,23?,24-,25?,26?;/m1./s1. The smallest absolute Gasteiger partial charge is 0.302 e. The average Bonchev–Trinajstić information content (AvgIpc) is 3.26. The number of carbonyl (C=O) groups excluding carboxylic acids is 2. The molecule has 5 aliphatic carbocycles. The third-order valence-corrected chi connectivity index (χ3v) is 12.6. The Morgan fingerprint density at radius 1 is 1.00 bits per heavy atom. The van der Waals surface area contributed by atoms with Crippen LogP contribution in [0.5, 0.6) is 0 Å². The molecule has 5 fully saturated rings. The Morgan fingerprint density at radius 3 is 2.37 bits per heavy atom. The minimum atomic E-state index is -0.264. The molecule has 8 unspecified atom stereocenters. The van der Waals surface area contributed by atoms with Gasteiger partial charge in [0, 0.05) is 25.9 Å². The first-order valence-corrected chi connectivity index (χ1v) is 14.4. The Kier molecular flexibility index (Phi) is 7.39. The van der Waals surface area contributed by atoms with Crippen molar-refractivity contribution in [1.82, 2.24) is 0 Å². The number of fused-ring (bicyclic) bond motifs is 7. The van der Waals surface area contributed by atoms with Gasteiger partial charge in [-0.2, -0.15) is 0 Å². The number of aliphatic hydroxyl groups excluding tert-OH is 1. The van der Waals surface area contributed by atoms with E-state index in [4.69, 9.17) is 0 Å². The van der Waals surface area contributed by atoms with E-state index in [1.54, 1.807) is 0 Å². The van der Waals surface area contributed by atoms with Crippen molar-refractivity contribution in [2.24, 2.45) is 51.2 Å². The predicted molar refractivity (Wildman–Crippen MR) is 140 cm³/mol. The van der Waals surface area contributed by atoms with E-state index >= 15 is 0 Å². The van der Waals surface area contributed by atoms with E-state index in [1.165, 1.54) is 70.8 Å². The van der Waals surface area contributed by atoms with E-state index < -0.39 is 0 Å². The molecule has 0 bridgehead atoms. The van der Waals surface area contributed by atoms with Gasteiger partial charge < -0.3 is 9.84 Å². The van der Waals surface area contributed by atoms with Gasteiger partial charge in [0.05, 0.1) is 0 Å². The van der Waals surface area contributed by atoms with Gasteiger partial charge >= 0.3 is 5.97 Å². The maximum Gasteiger partial charge on any atom is 0.302 e. The summed E-state index contributed by atoms with van der Waals surface area (Å²) in [5.74, 6) is 3.49. The van der Waals surface area contributed by atoms with Gasteiger partial charge in [-0.25, -0.2) is 0 Å². The Bertz CT molecular complexity index is 836. The molecule has 4 heteroatoms. The Balaban J connectivity index is 0.000000364. The van der Waals surface area contributed by atoms with E-state index in [9.17, 15) is 14.7 Å². The first-order chi connectivity index (χ1) is 16.5. The number of carbonyl (C=O) groups is 2. The summed E-state index contributed by atoms with van der Waals surface area (Å²) in [4.78, 5) is 22.4. The zero-order valence-corrected chi connectivity index (χ0v) is 23.0. The van der Waals surface area contributed by atoms with Crippen molar-refractivity contribution in [3.8, 4) is 0 Å². The van der Waals surface area contributed by atoms with Crippen LogP contribution in [0.2, 0.25) is 0 Å². The largest absolute Gasteiger partial charge is 0.462 e. The van der Waals surface area contributed by atoms with Crippen LogP contribution in [0.3, 0.4) is 0 Å². The van der Waals surface area contributed by atoms with Crippen molar-refractivity contribution in [3.05, 3.63) is 12.7 Å². The van der Waals surface area contributed by atoms with Gasteiger partial charge in [-0.1, -0.05) is 46.8 Å². The maximum absolute atomic E-state index is 12.5. The Morgan fingerprint density at radius 2 is 1.74 bits per heavy atom. The number of ether oxygens (including phenoxy) is 1. The van der Waals surface area contributed by atoms with Crippen molar-refractivity contribution in [3.63, 3.8) is 0 Å². The van der Waals surface area contributed by atoms with E-state index in [0.29, 0.717) is 41.2 Å². The summed E-state index contributed by atoms with van der Waals surface area (Å²) in [5, 5.41) is 10.3. The topological polar surface area (TPSA) is 63.6 Å². The fourth-order valence-electron chi connectivity index (χ4n) is 10.6. The highest BCUT2D eigenvalue weighted by molar-refractivity contribution is 5.82. The molecule has 5 aliphatic rings. The summed E-state index contributed by atoms with van der Waals surface area (Å²) in [6.07, 6.45) is 15.3. The van der Waals surface area contributed by atoms with Gasteiger partial charge in [0.15, 0.2) is 0 Å². The van der Waals surface area contributed by atoms with Gasteiger partial charge in [0.2, 0.25) is 0 Å². The van der Waals surface area contributed by atoms with E-state index in [2.05, 4.69) is 39.0 Å². The summed E-state index contributed by atoms with van der Waals surface area (Å²) in [7, 11) is 0. The fourth-order valence-corrected chi connectivity index (χ4v) is 10.6. The molecule has 198 valence electrons. The third-order valence-electron chi connectivity index (χ3n) is 12.6. The summed E-state index contributed by atoms with van der Waals surface area (Å²) in [6, 6.07) is 0. The first-order valence-electron chi connectivity index (χ1n) is 14.4. The number of esters is 1. The summed E-state index contributed by atoms with van der Waals surface area (Å²) < 4.78 is 4.43. The van der Waals surface area contributed by atoms with E-state index in [0.717, 1.165) is 30.6 Å². The molecule has 0 saturated heterocycles. The molecule has 5 rings (SSSR count). The molecule has 0 aromatic rings. The molecular weight excluding hydrogens is 436 g/mol. The zero-order chi connectivity index (χ0) is 25.6. The predicted octanol–water partition coefficient (Wildman–Crippen LogP) is 6.75. The summed E-state index contributed by atoms with van der Waals surface area (Å²) >= 11 is 0. The molecule has 0 radical (unpaired) electrons. The van der Waals surface area contributed by atoms with Crippen LogP contribution in [0.15, 0.2) is 12.7 Å². The van der Waals surface area contributed by atoms with Crippen molar-refractivity contribution < 1.29 is 19.4 Å². The van der Waals surface area contributed by atoms with Crippen LogP contribution in [-0.2, 0) is 14.3 Å². The number of Topliss-reactive ketones (excluding diaryl/α,β-unsaturated/α-hetero) is 1. The van der Waals surface area contributed by atoms with Crippen LogP contribution in [-0.4, -0.2) is 30.1 Å². The van der Waals surface area contributed by atoms with Crippen LogP contribution >= 0.6 is 0 Å². The van der Waals surface area contributed by atoms with E-state index in [1.807, 2.05) is 0 Å². The molecule has 0 amide bonds. The second-order valence-electron chi connectivity index (χ2n) is 13.6. The van der Waals surface area contributed by atoms with Crippen LogP contribution in [0, 0.1) is 51.2 Å². The molecule has 35 heavy (non-hydrogen) atoms. The van der Waals surface area contributed by atoms with Crippen molar-refractivity contribution in [2.45, 2.75) is 105 Å². The lowest BCUT2D eigenvalue weighted by molar-refractivity contribution is -0.227. The van der Waals surface area contributed by atoms with Crippen molar-refractivity contribution in [1.29, 1.82) is 0 Å². The Labute approximate surface area is 213 Å². The fraction of sp³-hybridized carbons (Fsp3) is 0.871. The van der Waals surface area contributed by atoms with Gasteiger partial charge in [-0.15, -0.1) is 0 Å². The number of hydrogen-bond donors (Lipinski definition) is 1. The third kappa shape index (κ3) is 4.05. The molecule has 0 spiro atoms. The molecule has 4 nitrogen and oxygen atoms in total. The first kappa shape index (κ1) is 26.9. The van der Waals surface area contributed by atoms with Gasteiger partial charge in [-0.3, -0.25) is 9.59 Å². The lowest BCUT2D eigenvalue weighted by Gasteiger charge is -2.71. The van der Waals surface area contributed by atoms with Crippen molar-refractivity contribution in [2.75, 3.05) is 13.2 Å². The molecular formula is C31H50O4. The maximum atomic E-state index is 12.5. The second-order valence-corrected chi connectivity index (χ2v) is 13.6. The summed E-state index contributed by atoms with van der Waals surface area (Å²) in [6.45, 7) is 15.6. The highest BCUT2D eigenvalue weighted by Gasteiger charge is 2.68. The van der Waals surface area contributed by atoms with Crippen LogP contribution in [0.1, 0.15) is 105 Å². The Hall–Kier alpha value is -1.16. The molecule has 5 saturated carbocycles. The number of rotatable bonds is 3. The number of hydrogen-bond acceptors (Lipinski definition) is 4. The molecule has 1 N–H and O–H groups in total. The molecule has 9 atom stereocenters. The van der Waals surface area contributed by atoms with Gasteiger partial charge in [-0.05, 0) is 103 Å². The van der Waals surface area contributed by atoms with Crippen LogP contribution < -0.4 is 0 Å². The minimum absolute atomic E-state index is 0.250. The minimum Gasteiger partial charge on any atom is -0.462 e.